The summed E-state index contributed by atoms with van der Waals surface area (Å²) in [7, 11) is 1.68. The van der Waals surface area contributed by atoms with Crippen LogP contribution in [0, 0.1) is 12.3 Å². The Morgan fingerprint density at radius 2 is 2.00 bits per heavy atom. The molecule has 1 aromatic heterocycles. The van der Waals surface area contributed by atoms with Crippen molar-refractivity contribution in [1.82, 2.24) is 15.1 Å². The van der Waals surface area contributed by atoms with Gasteiger partial charge in [0.15, 0.2) is 0 Å². The number of likely N-dealkylation sites (tertiary alicyclic amines) is 1. The Balaban J connectivity index is 1.63. The fourth-order valence-electron chi connectivity index (χ4n) is 3.86. The lowest BCUT2D eigenvalue weighted by atomic mass is 9.82. The second-order valence-corrected chi connectivity index (χ2v) is 7.91. The van der Waals surface area contributed by atoms with Crippen LogP contribution in [0.2, 0.25) is 0 Å². The summed E-state index contributed by atoms with van der Waals surface area (Å²) < 4.78 is 5.45. The molecule has 1 amide bonds. The molecule has 1 aliphatic heterocycles. The number of amides is 1. The molecule has 140 valence electrons. The first-order chi connectivity index (χ1) is 12.4. The van der Waals surface area contributed by atoms with Crippen LogP contribution >= 0.6 is 0 Å². The van der Waals surface area contributed by atoms with Gasteiger partial charge in [0.25, 0.3) is 0 Å². The van der Waals surface area contributed by atoms with Gasteiger partial charge in [0.2, 0.25) is 5.91 Å². The Morgan fingerprint density at radius 1 is 1.31 bits per heavy atom. The molecule has 2 aromatic rings. The number of carbonyl (C=O) groups excluding carboxylic acids is 1. The molecular formula is C21H29N3O2. The average molecular weight is 355 g/mol. The Kier molecular flexibility index (Phi) is 5.35. The van der Waals surface area contributed by atoms with Gasteiger partial charge in [0.05, 0.1) is 12.8 Å². The van der Waals surface area contributed by atoms with Crippen LogP contribution < -0.4 is 4.74 Å². The zero-order valence-corrected chi connectivity index (χ0v) is 16.2. The molecule has 5 nitrogen and oxygen atoms in total. The summed E-state index contributed by atoms with van der Waals surface area (Å²) in [5.41, 5.74) is 2.85. The topological polar surface area (TPSA) is 58.2 Å². The molecule has 1 N–H and O–H groups in total. The van der Waals surface area contributed by atoms with Gasteiger partial charge in [-0.1, -0.05) is 32.0 Å². The third-order valence-electron chi connectivity index (χ3n) is 5.33. The summed E-state index contributed by atoms with van der Waals surface area (Å²) in [5.74, 6) is 1.52. The van der Waals surface area contributed by atoms with Gasteiger partial charge >= 0.3 is 0 Å². The van der Waals surface area contributed by atoms with Crippen molar-refractivity contribution >= 4 is 5.91 Å². The molecule has 0 radical (unpaired) electrons. The third-order valence-corrected chi connectivity index (χ3v) is 5.33. The second-order valence-electron chi connectivity index (χ2n) is 7.91. The van der Waals surface area contributed by atoms with E-state index in [4.69, 9.17) is 4.74 Å². The van der Waals surface area contributed by atoms with Crippen LogP contribution in [-0.4, -0.2) is 41.2 Å². The van der Waals surface area contributed by atoms with Crippen LogP contribution in [-0.2, 0) is 11.2 Å². The molecule has 5 heteroatoms. The number of aromatic amines is 1. The lowest BCUT2D eigenvalue weighted by Crippen LogP contribution is -2.45. The van der Waals surface area contributed by atoms with Crippen LogP contribution in [0.3, 0.4) is 0 Å². The van der Waals surface area contributed by atoms with Crippen molar-refractivity contribution in [3.8, 4) is 5.75 Å². The zero-order valence-electron chi connectivity index (χ0n) is 16.2. The van der Waals surface area contributed by atoms with Gasteiger partial charge in [-0.25, -0.2) is 0 Å². The van der Waals surface area contributed by atoms with Gasteiger partial charge in [-0.15, -0.1) is 0 Å². The number of carbonyl (C=O) groups is 1. The van der Waals surface area contributed by atoms with Gasteiger partial charge in [-0.3, -0.25) is 9.89 Å². The molecule has 0 bridgehead atoms. The highest BCUT2D eigenvalue weighted by Gasteiger charge is 2.35. The molecule has 0 aliphatic carbocycles. The maximum absolute atomic E-state index is 13.1. The number of hydrogen-bond donors (Lipinski definition) is 1. The van der Waals surface area contributed by atoms with E-state index in [0.717, 1.165) is 48.6 Å². The number of ether oxygens (including phenoxy) is 1. The molecule has 2 heterocycles. The number of nitrogens with one attached hydrogen (secondary N) is 1. The van der Waals surface area contributed by atoms with E-state index in [-0.39, 0.29) is 5.91 Å². The number of nitrogens with zero attached hydrogens (tertiary/aromatic N) is 2. The van der Waals surface area contributed by atoms with E-state index in [0.29, 0.717) is 12.3 Å². The minimum absolute atomic E-state index is 0.222. The molecule has 0 unspecified atom stereocenters. The van der Waals surface area contributed by atoms with Crippen molar-refractivity contribution in [1.29, 1.82) is 0 Å². The molecule has 0 spiro atoms. The third kappa shape index (κ3) is 3.92. The van der Waals surface area contributed by atoms with Crippen LogP contribution in [0.25, 0.3) is 0 Å². The van der Waals surface area contributed by atoms with E-state index in [2.05, 4.69) is 16.3 Å². The van der Waals surface area contributed by atoms with Crippen molar-refractivity contribution in [2.75, 3.05) is 20.2 Å². The zero-order chi connectivity index (χ0) is 18.7. The lowest BCUT2D eigenvalue weighted by Gasteiger charge is -2.37. The monoisotopic (exact) mass is 355 g/mol. The van der Waals surface area contributed by atoms with Crippen molar-refractivity contribution in [3.63, 3.8) is 0 Å². The smallest absolute Gasteiger partial charge is 0.228 e. The number of piperidine rings is 1. The fraction of sp³-hybridized carbons (Fsp3) is 0.524. The van der Waals surface area contributed by atoms with Crippen LogP contribution in [0.15, 0.2) is 30.3 Å². The molecule has 26 heavy (non-hydrogen) atoms. The summed E-state index contributed by atoms with van der Waals surface area (Å²) in [6, 6.07) is 10.1. The van der Waals surface area contributed by atoms with E-state index in [1.54, 1.807) is 7.11 Å². The minimum Gasteiger partial charge on any atom is -0.496 e. The van der Waals surface area contributed by atoms with Gasteiger partial charge in [-0.05, 0) is 43.9 Å². The molecule has 1 saturated heterocycles. The quantitative estimate of drug-likeness (QED) is 0.890. The van der Waals surface area contributed by atoms with E-state index in [1.165, 1.54) is 0 Å². The number of para-hydroxylation sites is 1. The number of rotatable bonds is 5. The van der Waals surface area contributed by atoms with Crippen LogP contribution in [0.4, 0.5) is 0 Å². The van der Waals surface area contributed by atoms with Gasteiger partial charge in [-0.2, -0.15) is 5.10 Å². The first-order valence-electron chi connectivity index (χ1n) is 9.34. The fourth-order valence-corrected chi connectivity index (χ4v) is 3.86. The Hall–Kier alpha value is -2.30. The first kappa shape index (κ1) is 18.5. The van der Waals surface area contributed by atoms with Crippen molar-refractivity contribution in [3.05, 3.63) is 47.3 Å². The first-order valence-corrected chi connectivity index (χ1v) is 9.34. The highest BCUT2D eigenvalue weighted by molar-refractivity contribution is 5.82. The van der Waals surface area contributed by atoms with E-state index < -0.39 is 5.41 Å². The Labute approximate surface area is 155 Å². The molecule has 1 fully saturated rings. The summed E-state index contributed by atoms with van der Waals surface area (Å²) in [4.78, 5) is 15.2. The standard InChI is InChI=1S/C21H29N3O2/c1-15-13-18(23-22-15)16-9-11-24(12-10-16)20(25)21(2,3)14-17-7-5-6-8-19(17)26-4/h5-8,13,16H,9-12,14H2,1-4H3,(H,22,23). The average Bonchev–Trinajstić information content (AvgIpc) is 3.08. The molecule has 0 saturated carbocycles. The van der Waals surface area contributed by atoms with Crippen molar-refractivity contribution in [2.45, 2.75) is 46.0 Å². The molecular weight excluding hydrogens is 326 g/mol. The van der Waals surface area contributed by atoms with Crippen LogP contribution in [0.5, 0.6) is 5.75 Å². The highest BCUT2D eigenvalue weighted by atomic mass is 16.5. The Morgan fingerprint density at radius 3 is 2.62 bits per heavy atom. The Bertz CT molecular complexity index is 758. The lowest BCUT2D eigenvalue weighted by molar-refractivity contribution is -0.141. The number of aryl methyl sites for hydroxylation is 1. The normalized spacial score (nSPS) is 15.9. The van der Waals surface area contributed by atoms with Gasteiger partial charge in [0, 0.05) is 30.1 Å². The number of hydrogen-bond acceptors (Lipinski definition) is 3. The molecule has 1 aromatic carbocycles. The number of H-pyrrole nitrogens is 1. The SMILES string of the molecule is COc1ccccc1CC(C)(C)C(=O)N1CCC(c2cc(C)[nH]n2)CC1. The number of benzene rings is 1. The van der Waals surface area contributed by atoms with Crippen molar-refractivity contribution in [2.24, 2.45) is 5.41 Å². The van der Waals surface area contributed by atoms with Crippen molar-refractivity contribution < 1.29 is 9.53 Å². The summed E-state index contributed by atoms with van der Waals surface area (Å²) in [6.07, 6.45) is 2.62. The summed E-state index contributed by atoms with van der Waals surface area (Å²) in [5, 5.41) is 7.41. The van der Waals surface area contributed by atoms with Gasteiger partial charge in [0.1, 0.15) is 5.75 Å². The largest absolute Gasteiger partial charge is 0.496 e. The van der Waals surface area contributed by atoms with E-state index in [9.17, 15) is 4.79 Å². The predicted molar refractivity (Wildman–Crippen MR) is 102 cm³/mol. The van der Waals surface area contributed by atoms with Crippen LogP contribution in [0.1, 0.15) is 49.6 Å². The maximum atomic E-state index is 13.1. The highest BCUT2D eigenvalue weighted by Crippen LogP contribution is 2.33. The molecule has 3 rings (SSSR count). The molecule has 0 atom stereocenters. The summed E-state index contributed by atoms with van der Waals surface area (Å²) >= 11 is 0. The predicted octanol–water partition coefficient (Wildman–Crippen LogP) is 3.70. The number of aromatic nitrogens is 2. The molecule has 1 aliphatic rings. The number of methoxy groups -OCH3 is 1. The maximum Gasteiger partial charge on any atom is 0.228 e. The second kappa shape index (κ2) is 7.52. The van der Waals surface area contributed by atoms with E-state index >= 15 is 0 Å². The van der Waals surface area contributed by atoms with E-state index in [1.807, 2.05) is 49.9 Å². The minimum atomic E-state index is -0.454. The van der Waals surface area contributed by atoms with Gasteiger partial charge < -0.3 is 9.64 Å². The summed E-state index contributed by atoms with van der Waals surface area (Å²) in [6.45, 7) is 7.68.